The fourth-order valence-corrected chi connectivity index (χ4v) is 1.97. The van der Waals surface area contributed by atoms with Crippen molar-refractivity contribution in [2.45, 2.75) is 32.7 Å². The van der Waals surface area contributed by atoms with Gasteiger partial charge in [-0.2, -0.15) is 0 Å². The molecule has 0 heterocycles. The lowest BCUT2D eigenvalue weighted by molar-refractivity contribution is 0.758. The largest absolute Gasteiger partial charge is 0.356 e. The van der Waals surface area contributed by atoms with Crippen molar-refractivity contribution in [3.05, 3.63) is 35.4 Å². The van der Waals surface area contributed by atoms with Crippen LogP contribution in [0, 0.1) is 12.8 Å². The minimum absolute atomic E-state index is 0. The summed E-state index contributed by atoms with van der Waals surface area (Å²) in [6.45, 7) is 5.30. The molecule has 0 saturated heterocycles. The first-order chi connectivity index (χ1) is 8.69. The first-order valence-electron chi connectivity index (χ1n) is 6.72. The van der Waals surface area contributed by atoms with E-state index in [1.165, 1.54) is 17.5 Å². The molecule has 3 nitrogen and oxygen atoms in total. The van der Waals surface area contributed by atoms with E-state index in [1.54, 1.807) is 0 Å². The standard InChI is InChI=1S/C15H23N3.HI/c1-11-4-6-13(7-5-11)8-9-17-15(16-3)18-14-10-12(14)2;/h4-7,12,14H,8-10H2,1-3H3,(H2,16,17,18);1H. The van der Waals surface area contributed by atoms with Gasteiger partial charge in [0.25, 0.3) is 0 Å². The van der Waals surface area contributed by atoms with Gasteiger partial charge in [0.05, 0.1) is 0 Å². The molecule has 1 aliphatic rings. The summed E-state index contributed by atoms with van der Waals surface area (Å²) in [6, 6.07) is 9.32. The summed E-state index contributed by atoms with van der Waals surface area (Å²) in [5.41, 5.74) is 2.68. The molecule has 1 aromatic rings. The highest BCUT2D eigenvalue weighted by Gasteiger charge is 2.33. The summed E-state index contributed by atoms with van der Waals surface area (Å²) in [4.78, 5) is 4.24. The molecular weight excluding hydrogens is 349 g/mol. The Hall–Kier alpha value is -0.780. The summed E-state index contributed by atoms with van der Waals surface area (Å²) < 4.78 is 0. The second-order valence-corrected chi connectivity index (χ2v) is 5.20. The molecule has 0 aromatic heterocycles. The van der Waals surface area contributed by atoms with E-state index in [2.05, 4.69) is 53.7 Å². The molecule has 1 aliphatic carbocycles. The Morgan fingerprint density at radius 3 is 2.47 bits per heavy atom. The molecule has 1 aromatic carbocycles. The number of aryl methyl sites for hydroxylation is 1. The zero-order valence-electron chi connectivity index (χ0n) is 11.9. The number of halogens is 1. The quantitative estimate of drug-likeness (QED) is 0.484. The van der Waals surface area contributed by atoms with Gasteiger partial charge in [0, 0.05) is 19.6 Å². The van der Waals surface area contributed by atoms with Crippen molar-refractivity contribution in [1.82, 2.24) is 10.6 Å². The van der Waals surface area contributed by atoms with Crippen LogP contribution in [0.5, 0.6) is 0 Å². The molecule has 0 aliphatic heterocycles. The summed E-state index contributed by atoms with van der Waals surface area (Å²) in [5, 5.41) is 6.79. The maximum absolute atomic E-state index is 4.24. The van der Waals surface area contributed by atoms with E-state index < -0.39 is 0 Å². The van der Waals surface area contributed by atoms with E-state index in [9.17, 15) is 0 Å². The van der Waals surface area contributed by atoms with Gasteiger partial charge in [-0.1, -0.05) is 36.8 Å². The normalized spacial score (nSPS) is 21.5. The van der Waals surface area contributed by atoms with E-state index in [0.717, 1.165) is 24.8 Å². The van der Waals surface area contributed by atoms with E-state index in [-0.39, 0.29) is 24.0 Å². The van der Waals surface area contributed by atoms with E-state index in [1.807, 2.05) is 7.05 Å². The number of benzene rings is 1. The monoisotopic (exact) mass is 373 g/mol. The molecule has 2 atom stereocenters. The zero-order valence-corrected chi connectivity index (χ0v) is 14.3. The molecule has 1 saturated carbocycles. The molecule has 0 bridgehead atoms. The van der Waals surface area contributed by atoms with Crippen LogP contribution in [0.4, 0.5) is 0 Å². The topological polar surface area (TPSA) is 36.4 Å². The van der Waals surface area contributed by atoms with Gasteiger partial charge in [-0.25, -0.2) is 0 Å². The van der Waals surface area contributed by atoms with Gasteiger partial charge in [0.15, 0.2) is 5.96 Å². The molecule has 2 rings (SSSR count). The Kier molecular flexibility index (Phi) is 6.62. The van der Waals surface area contributed by atoms with Gasteiger partial charge in [-0.3, -0.25) is 4.99 Å². The van der Waals surface area contributed by atoms with Crippen molar-refractivity contribution in [2.24, 2.45) is 10.9 Å². The SMILES string of the molecule is CN=C(NCCc1ccc(C)cc1)NC1CC1C.I. The highest BCUT2D eigenvalue weighted by atomic mass is 127. The van der Waals surface area contributed by atoms with Gasteiger partial charge >= 0.3 is 0 Å². The number of nitrogens with one attached hydrogen (secondary N) is 2. The van der Waals surface area contributed by atoms with Crippen LogP contribution in [-0.2, 0) is 6.42 Å². The zero-order chi connectivity index (χ0) is 13.0. The Bertz CT molecular complexity index is 414. The molecule has 2 unspecified atom stereocenters. The molecule has 106 valence electrons. The van der Waals surface area contributed by atoms with Crippen LogP contribution in [0.15, 0.2) is 29.3 Å². The second-order valence-electron chi connectivity index (χ2n) is 5.20. The van der Waals surface area contributed by atoms with Crippen LogP contribution in [0.25, 0.3) is 0 Å². The van der Waals surface area contributed by atoms with Crippen molar-refractivity contribution >= 4 is 29.9 Å². The number of hydrogen-bond acceptors (Lipinski definition) is 1. The summed E-state index contributed by atoms with van der Waals surface area (Å²) in [5.74, 6) is 1.72. The van der Waals surface area contributed by atoms with Gasteiger partial charge in [-0.05, 0) is 31.2 Å². The van der Waals surface area contributed by atoms with Crippen LogP contribution >= 0.6 is 24.0 Å². The van der Waals surface area contributed by atoms with Crippen molar-refractivity contribution in [1.29, 1.82) is 0 Å². The first kappa shape index (κ1) is 16.3. The smallest absolute Gasteiger partial charge is 0.191 e. The molecule has 4 heteroatoms. The minimum atomic E-state index is 0. The van der Waals surface area contributed by atoms with Crippen LogP contribution < -0.4 is 10.6 Å². The minimum Gasteiger partial charge on any atom is -0.356 e. The van der Waals surface area contributed by atoms with Crippen LogP contribution in [0.3, 0.4) is 0 Å². The highest BCUT2D eigenvalue weighted by Crippen LogP contribution is 2.28. The van der Waals surface area contributed by atoms with E-state index in [4.69, 9.17) is 0 Å². The highest BCUT2D eigenvalue weighted by molar-refractivity contribution is 14.0. The maximum atomic E-state index is 4.24. The fraction of sp³-hybridized carbons (Fsp3) is 0.533. The molecular formula is C15H24IN3. The fourth-order valence-electron chi connectivity index (χ4n) is 1.97. The number of guanidine groups is 1. The third kappa shape index (κ3) is 5.38. The van der Waals surface area contributed by atoms with E-state index in [0.29, 0.717) is 6.04 Å². The third-order valence-electron chi connectivity index (χ3n) is 3.48. The summed E-state index contributed by atoms with van der Waals surface area (Å²) in [6.07, 6.45) is 2.29. The average molecular weight is 373 g/mol. The first-order valence-corrected chi connectivity index (χ1v) is 6.72. The van der Waals surface area contributed by atoms with Crippen LogP contribution in [-0.4, -0.2) is 25.6 Å². The second kappa shape index (κ2) is 7.72. The molecule has 1 fully saturated rings. The lowest BCUT2D eigenvalue weighted by Gasteiger charge is -2.11. The molecule has 2 N–H and O–H groups in total. The Morgan fingerprint density at radius 1 is 1.32 bits per heavy atom. The number of rotatable bonds is 4. The lowest BCUT2D eigenvalue weighted by atomic mass is 10.1. The Balaban J connectivity index is 0.00000180. The average Bonchev–Trinajstić information content (AvgIpc) is 3.06. The van der Waals surface area contributed by atoms with Crippen LogP contribution in [0.1, 0.15) is 24.5 Å². The number of aliphatic imine (C=N–C) groups is 1. The van der Waals surface area contributed by atoms with Crippen molar-refractivity contribution in [3.8, 4) is 0 Å². The summed E-state index contributed by atoms with van der Waals surface area (Å²) >= 11 is 0. The molecule has 19 heavy (non-hydrogen) atoms. The van der Waals surface area contributed by atoms with Gasteiger partial charge in [0.1, 0.15) is 0 Å². The number of nitrogens with zero attached hydrogens (tertiary/aromatic N) is 1. The van der Waals surface area contributed by atoms with Gasteiger partial charge < -0.3 is 10.6 Å². The summed E-state index contributed by atoms with van der Waals surface area (Å²) in [7, 11) is 1.83. The van der Waals surface area contributed by atoms with Crippen molar-refractivity contribution in [3.63, 3.8) is 0 Å². The van der Waals surface area contributed by atoms with Crippen molar-refractivity contribution in [2.75, 3.05) is 13.6 Å². The predicted molar refractivity (Wildman–Crippen MR) is 92.4 cm³/mol. The number of hydrogen-bond donors (Lipinski definition) is 2. The maximum Gasteiger partial charge on any atom is 0.191 e. The van der Waals surface area contributed by atoms with E-state index >= 15 is 0 Å². The Labute approximate surface area is 133 Å². The lowest BCUT2D eigenvalue weighted by Crippen LogP contribution is -2.39. The van der Waals surface area contributed by atoms with Crippen molar-refractivity contribution < 1.29 is 0 Å². The Morgan fingerprint density at radius 2 is 1.95 bits per heavy atom. The van der Waals surface area contributed by atoms with Gasteiger partial charge in [-0.15, -0.1) is 24.0 Å². The third-order valence-corrected chi connectivity index (χ3v) is 3.48. The predicted octanol–water partition coefficient (Wildman–Crippen LogP) is 2.73. The van der Waals surface area contributed by atoms with Crippen LogP contribution in [0.2, 0.25) is 0 Å². The van der Waals surface area contributed by atoms with Gasteiger partial charge in [0.2, 0.25) is 0 Å². The molecule has 0 radical (unpaired) electrons. The molecule has 0 amide bonds. The molecule has 0 spiro atoms.